The molecule has 2 amide bonds. The number of hydrogen-bond acceptors (Lipinski definition) is 3. The number of para-hydroxylation sites is 1. The molecule has 0 fully saturated rings. The van der Waals surface area contributed by atoms with Crippen molar-refractivity contribution in [3.8, 4) is 0 Å². The van der Waals surface area contributed by atoms with Crippen LogP contribution >= 0.6 is 23.2 Å². The van der Waals surface area contributed by atoms with E-state index >= 15 is 0 Å². The Morgan fingerprint density at radius 2 is 1.87 bits per heavy atom. The van der Waals surface area contributed by atoms with E-state index in [9.17, 15) is 9.59 Å². The summed E-state index contributed by atoms with van der Waals surface area (Å²) in [6, 6.07) is 11.7. The Morgan fingerprint density at radius 1 is 1.13 bits per heavy atom. The zero-order chi connectivity index (χ0) is 21.8. The van der Waals surface area contributed by atoms with Crippen LogP contribution in [0.25, 0.3) is 10.9 Å². The number of halogens is 2. The minimum Gasteiger partial charge on any atom is -0.350 e. The molecule has 3 rings (SSSR count). The van der Waals surface area contributed by atoms with E-state index < -0.39 is 17.9 Å². The first-order valence-corrected chi connectivity index (χ1v) is 10.2. The lowest BCUT2D eigenvalue weighted by atomic mass is 10.0. The van der Waals surface area contributed by atoms with Crippen molar-refractivity contribution in [3.63, 3.8) is 0 Å². The number of aromatic nitrogens is 1. The summed E-state index contributed by atoms with van der Waals surface area (Å²) < 4.78 is 1.99. The molecule has 0 saturated carbocycles. The molecule has 2 aromatic carbocycles. The summed E-state index contributed by atoms with van der Waals surface area (Å²) in [6.45, 7) is 3.67. The number of hydrazone groups is 1. The van der Waals surface area contributed by atoms with Crippen LogP contribution in [-0.4, -0.2) is 28.6 Å². The summed E-state index contributed by atoms with van der Waals surface area (Å²) in [5, 5.41) is 8.48. The van der Waals surface area contributed by atoms with Crippen molar-refractivity contribution in [2.45, 2.75) is 19.9 Å². The zero-order valence-electron chi connectivity index (χ0n) is 16.8. The van der Waals surface area contributed by atoms with Crippen LogP contribution in [0.5, 0.6) is 0 Å². The average molecular weight is 445 g/mol. The van der Waals surface area contributed by atoms with Gasteiger partial charge in [0.25, 0.3) is 11.8 Å². The summed E-state index contributed by atoms with van der Waals surface area (Å²) in [4.78, 5) is 25.2. The molecule has 3 aromatic rings. The van der Waals surface area contributed by atoms with Gasteiger partial charge in [0.15, 0.2) is 0 Å². The fourth-order valence-electron chi connectivity index (χ4n) is 3.14. The summed E-state index contributed by atoms with van der Waals surface area (Å²) in [5.74, 6) is -1.03. The van der Waals surface area contributed by atoms with Crippen molar-refractivity contribution in [2.24, 2.45) is 18.1 Å². The molecular formula is C22H22Cl2N4O2. The molecule has 30 heavy (non-hydrogen) atoms. The van der Waals surface area contributed by atoms with Crippen LogP contribution in [-0.2, 0) is 11.8 Å². The third kappa shape index (κ3) is 4.83. The molecule has 0 aliphatic carbocycles. The van der Waals surface area contributed by atoms with Crippen LogP contribution in [0.3, 0.4) is 0 Å². The third-order valence-electron chi connectivity index (χ3n) is 4.72. The Balaban J connectivity index is 1.71. The van der Waals surface area contributed by atoms with Gasteiger partial charge in [-0.25, -0.2) is 5.43 Å². The van der Waals surface area contributed by atoms with Gasteiger partial charge in [-0.05, 0) is 30.2 Å². The second-order valence-corrected chi connectivity index (χ2v) is 8.11. The molecule has 6 nitrogen and oxygen atoms in total. The number of amides is 2. The smallest absolute Gasteiger partial charge is 0.262 e. The largest absolute Gasteiger partial charge is 0.350 e. The van der Waals surface area contributed by atoms with Crippen molar-refractivity contribution in [3.05, 3.63) is 69.8 Å². The van der Waals surface area contributed by atoms with Gasteiger partial charge < -0.3 is 9.88 Å². The molecule has 2 N–H and O–H groups in total. The molecule has 0 saturated heterocycles. The van der Waals surface area contributed by atoms with Crippen LogP contribution in [0, 0.1) is 5.92 Å². The topological polar surface area (TPSA) is 75.5 Å². The van der Waals surface area contributed by atoms with E-state index in [-0.39, 0.29) is 16.5 Å². The van der Waals surface area contributed by atoms with Crippen LogP contribution in [0.4, 0.5) is 0 Å². The van der Waals surface area contributed by atoms with E-state index in [1.165, 1.54) is 12.1 Å². The lowest BCUT2D eigenvalue weighted by molar-refractivity contribution is -0.123. The van der Waals surface area contributed by atoms with Gasteiger partial charge in [-0.1, -0.05) is 55.2 Å². The second-order valence-electron chi connectivity index (χ2n) is 7.27. The number of aryl methyl sites for hydroxylation is 1. The zero-order valence-corrected chi connectivity index (χ0v) is 18.3. The molecule has 0 bridgehead atoms. The van der Waals surface area contributed by atoms with Gasteiger partial charge in [0, 0.05) is 34.7 Å². The number of carbonyl (C=O) groups is 2. The Morgan fingerprint density at radius 3 is 2.57 bits per heavy atom. The van der Waals surface area contributed by atoms with Crippen molar-refractivity contribution in [1.29, 1.82) is 0 Å². The van der Waals surface area contributed by atoms with Crippen LogP contribution in [0.1, 0.15) is 29.8 Å². The summed E-state index contributed by atoms with van der Waals surface area (Å²) >= 11 is 12.0. The Kier molecular flexibility index (Phi) is 6.80. The molecule has 156 valence electrons. The Labute approximate surface area is 184 Å². The number of nitrogens with one attached hydrogen (secondary N) is 2. The van der Waals surface area contributed by atoms with E-state index in [4.69, 9.17) is 23.2 Å². The van der Waals surface area contributed by atoms with E-state index in [0.717, 1.165) is 16.5 Å². The van der Waals surface area contributed by atoms with Crippen molar-refractivity contribution >= 4 is 52.1 Å². The van der Waals surface area contributed by atoms with Crippen molar-refractivity contribution in [1.82, 2.24) is 15.3 Å². The average Bonchev–Trinajstić information content (AvgIpc) is 3.01. The molecule has 0 aliphatic heterocycles. The maximum Gasteiger partial charge on any atom is 0.262 e. The van der Waals surface area contributed by atoms with Gasteiger partial charge in [-0.3, -0.25) is 9.59 Å². The molecule has 8 heteroatoms. The normalized spacial score (nSPS) is 12.5. The fourth-order valence-corrected chi connectivity index (χ4v) is 3.63. The van der Waals surface area contributed by atoms with E-state index in [1.54, 1.807) is 12.3 Å². The molecule has 0 radical (unpaired) electrons. The Bertz CT molecular complexity index is 1120. The lowest BCUT2D eigenvalue weighted by Crippen LogP contribution is -2.48. The van der Waals surface area contributed by atoms with Gasteiger partial charge in [-0.2, -0.15) is 5.10 Å². The fraction of sp³-hybridized carbons (Fsp3) is 0.227. The minimum atomic E-state index is -0.783. The number of hydrogen-bond donors (Lipinski definition) is 2. The van der Waals surface area contributed by atoms with Crippen LogP contribution in [0.15, 0.2) is 53.8 Å². The number of nitrogens with zero attached hydrogens (tertiary/aromatic N) is 2. The molecular weight excluding hydrogens is 423 g/mol. The maximum absolute atomic E-state index is 12.7. The maximum atomic E-state index is 12.7. The summed E-state index contributed by atoms with van der Waals surface area (Å²) in [5.41, 5.74) is 4.72. The van der Waals surface area contributed by atoms with E-state index in [2.05, 4.69) is 15.8 Å². The molecule has 0 spiro atoms. The standard InChI is InChI=1S/C22H22Cl2N4O2/c1-13(2)20(26-21(29)17-9-8-15(23)10-18(17)24)22(30)27-25-11-14-12-28(3)19-7-5-4-6-16(14)19/h4-13,20H,1-3H3,(H,26,29)(H,27,30)/b25-11-. The van der Waals surface area contributed by atoms with Crippen molar-refractivity contribution < 1.29 is 9.59 Å². The van der Waals surface area contributed by atoms with Crippen LogP contribution < -0.4 is 10.7 Å². The Hall–Kier alpha value is -2.83. The summed E-state index contributed by atoms with van der Waals surface area (Å²) in [6.07, 6.45) is 3.53. The highest BCUT2D eigenvalue weighted by Gasteiger charge is 2.25. The molecule has 1 heterocycles. The molecule has 0 aliphatic rings. The van der Waals surface area contributed by atoms with Gasteiger partial charge in [0.1, 0.15) is 6.04 Å². The molecule has 1 aromatic heterocycles. The third-order valence-corrected chi connectivity index (χ3v) is 5.27. The van der Waals surface area contributed by atoms with Crippen LogP contribution in [0.2, 0.25) is 10.0 Å². The quantitative estimate of drug-likeness (QED) is 0.436. The number of carbonyl (C=O) groups excluding carboxylic acids is 2. The number of rotatable bonds is 6. The predicted molar refractivity (Wildman–Crippen MR) is 121 cm³/mol. The first kappa shape index (κ1) is 21.9. The second kappa shape index (κ2) is 9.32. The number of fused-ring (bicyclic) bond motifs is 1. The highest BCUT2D eigenvalue weighted by molar-refractivity contribution is 6.36. The predicted octanol–water partition coefficient (Wildman–Crippen LogP) is 4.39. The van der Waals surface area contributed by atoms with Gasteiger partial charge in [-0.15, -0.1) is 0 Å². The summed E-state index contributed by atoms with van der Waals surface area (Å²) in [7, 11) is 1.95. The van der Waals surface area contributed by atoms with E-state index in [0.29, 0.717) is 5.02 Å². The van der Waals surface area contributed by atoms with E-state index in [1.807, 2.05) is 55.9 Å². The van der Waals surface area contributed by atoms with Gasteiger partial charge in [0.05, 0.1) is 16.8 Å². The highest BCUT2D eigenvalue weighted by Crippen LogP contribution is 2.21. The van der Waals surface area contributed by atoms with Gasteiger partial charge >= 0.3 is 0 Å². The molecule has 1 atom stereocenters. The first-order chi connectivity index (χ1) is 14.3. The highest BCUT2D eigenvalue weighted by atomic mass is 35.5. The monoisotopic (exact) mass is 444 g/mol. The van der Waals surface area contributed by atoms with Crippen molar-refractivity contribution in [2.75, 3.05) is 0 Å². The van der Waals surface area contributed by atoms with Gasteiger partial charge in [0.2, 0.25) is 0 Å². The molecule has 1 unspecified atom stereocenters. The SMILES string of the molecule is CC(C)C(NC(=O)c1ccc(Cl)cc1Cl)C(=O)N/N=C\c1cn(C)c2ccccc12. The minimum absolute atomic E-state index is 0.159. The lowest BCUT2D eigenvalue weighted by Gasteiger charge is -2.20. The number of benzene rings is 2. The first-order valence-electron chi connectivity index (χ1n) is 9.41.